The number of carbonyl (C=O) groups is 2. The number of aromatic amines is 1. The van der Waals surface area contributed by atoms with E-state index >= 15 is 0 Å². The Morgan fingerprint density at radius 2 is 1.91 bits per heavy atom. The highest BCUT2D eigenvalue weighted by atomic mass is 16.4. The van der Waals surface area contributed by atoms with Crippen molar-refractivity contribution in [3.8, 4) is 0 Å². The number of hydrogen-bond donors (Lipinski definition) is 3. The summed E-state index contributed by atoms with van der Waals surface area (Å²) in [6, 6.07) is 4.21. The van der Waals surface area contributed by atoms with Gasteiger partial charge in [0.25, 0.3) is 0 Å². The number of carboxylic acid groups (broad SMARTS) is 1. The smallest absolute Gasteiger partial charge is 0.307 e. The molecule has 1 fully saturated rings. The number of benzene rings is 1. The number of aliphatic carboxylic acids is 1. The molecule has 23 heavy (non-hydrogen) atoms. The van der Waals surface area contributed by atoms with Crippen LogP contribution in [0.4, 0.5) is 0 Å². The molecule has 3 N–H and O–H groups in total. The first-order chi connectivity index (χ1) is 10.9. The Kier molecular flexibility index (Phi) is 3.88. The van der Waals surface area contributed by atoms with Crippen LogP contribution >= 0.6 is 0 Å². The van der Waals surface area contributed by atoms with Crippen molar-refractivity contribution in [3.05, 3.63) is 34.5 Å². The number of carboxylic acids is 1. The summed E-state index contributed by atoms with van der Waals surface area (Å²) in [5, 5.41) is 13.2. The van der Waals surface area contributed by atoms with Crippen molar-refractivity contribution >= 4 is 22.8 Å². The Hall–Kier alpha value is -2.30. The highest BCUT2D eigenvalue weighted by Gasteiger charge is 2.41. The first-order valence-corrected chi connectivity index (χ1v) is 7.97. The molecule has 0 radical (unpaired) electrons. The molecular weight excluding hydrogens is 292 g/mol. The lowest BCUT2D eigenvalue weighted by Gasteiger charge is -2.31. The third-order valence-corrected chi connectivity index (χ3v) is 5.02. The third-order valence-electron chi connectivity index (χ3n) is 5.02. The van der Waals surface area contributed by atoms with Crippen molar-refractivity contribution < 1.29 is 14.7 Å². The number of hydrogen-bond acceptors (Lipinski definition) is 2. The summed E-state index contributed by atoms with van der Waals surface area (Å²) in [7, 11) is 0. The molecule has 2 unspecified atom stereocenters. The Bertz CT molecular complexity index is 791. The van der Waals surface area contributed by atoms with E-state index in [9.17, 15) is 9.59 Å². The van der Waals surface area contributed by atoms with Crippen LogP contribution in [0, 0.1) is 32.6 Å². The lowest BCUT2D eigenvalue weighted by atomic mass is 9.73. The number of amides is 1. The summed E-state index contributed by atoms with van der Waals surface area (Å²) in [5.41, 5.74) is 5.59. The van der Waals surface area contributed by atoms with Crippen molar-refractivity contribution in [2.75, 3.05) is 0 Å². The van der Waals surface area contributed by atoms with Gasteiger partial charge in [-0.3, -0.25) is 9.59 Å². The predicted molar refractivity (Wildman–Crippen MR) is 88.2 cm³/mol. The summed E-state index contributed by atoms with van der Waals surface area (Å²) < 4.78 is 0. The van der Waals surface area contributed by atoms with Crippen LogP contribution in [-0.2, 0) is 16.1 Å². The maximum absolute atomic E-state index is 12.2. The van der Waals surface area contributed by atoms with E-state index in [1.165, 1.54) is 10.9 Å². The van der Waals surface area contributed by atoms with Gasteiger partial charge in [0.05, 0.1) is 17.4 Å². The van der Waals surface area contributed by atoms with Crippen LogP contribution < -0.4 is 5.32 Å². The van der Waals surface area contributed by atoms with E-state index in [4.69, 9.17) is 5.11 Å². The van der Waals surface area contributed by atoms with Gasteiger partial charge in [-0.1, -0.05) is 11.6 Å². The van der Waals surface area contributed by atoms with Crippen LogP contribution in [0.2, 0.25) is 0 Å². The van der Waals surface area contributed by atoms with Crippen LogP contribution in [0.25, 0.3) is 10.9 Å². The van der Waals surface area contributed by atoms with E-state index < -0.39 is 11.9 Å². The van der Waals surface area contributed by atoms with Crippen LogP contribution in [-0.4, -0.2) is 22.0 Å². The molecule has 3 rings (SSSR count). The van der Waals surface area contributed by atoms with Crippen molar-refractivity contribution in [2.45, 2.75) is 40.2 Å². The molecule has 0 saturated heterocycles. The van der Waals surface area contributed by atoms with Crippen molar-refractivity contribution in [1.29, 1.82) is 0 Å². The van der Waals surface area contributed by atoms with Crippen molar-refractivity contribution in [1.82, 2.24) is 10.3 Å². The summed E-state index contributed by atoms with van der Waals surface area (Å²) >= 11 is 0. The number of fused-ring (bicyclic) bond motifs is 1. The van der Waals surface area contributed by atoms with Crippen molar-refractivity contribution in [2.24, 2.45) is 11.8 Å². The summed E-state index contributed by atoms with van der Waals surface area (Å²) in [6.45, 7) is 6.58. The minimum atomic E-state index is -0.870. The Morgan fingerprint density at radius 3 is 2.52 bits per heavy atom. The molecule has 0 spiro atoms. The van der Waals surface area contributed by atoms with Gasteiger partial charge in [0, 0.05) is 17.6 Å². The molecule has 1 heterocycles. The average molecular weight is 314 g/mol. The summed E-state index contributed by atoms with van der Waals surface area (Å²) in [5.74, 6) is -1.94. The number of nitrogens with one attached hydrogen (secondary N) is 2. The fourth-order valence-corrected chi connectivity index (χ4v) is 3.35. The van der Waals surface area contributed by atoms with Crippen molar-refractivity contribution in [3.63, 3.8) is 0 Å². The maximum atomic E-state index is 12.2. The SMILES string of the molecule is Cc1cc(CNC(=O)C2CCC2C(=O)O)c2[nH]c(C)c(C)c2c1. The molecule has 0 aliphatic heterocycles. The molecule has 1 amide bonds. The van der Waals surface area contributed by atoms with Crippen LogP contribution in [0.5, 0.6) is 0 Å². The number of rotatable bonds is 4. The van der Waals surface area contributed by atoms with E-state index in [0.717, 1.165) is 22.3 Å². The van der Waals surface area contributed by atoms with Crippen LogP contribution in [0.3, 0.4) is 0 Å². The highest BCUT2D eigenvalue weighted by molar-refractivity contribution is 5.89. The normalized spacial score (nSPS) is 20.3. The van der Waals surface area contributed by atoms with Gasteiger partial charge in [-0.2, -0.15) is 0 Å². The standard InChI is InChI=1S/C18H22N2O3/c1-9-6-12(16-15(7-9)10(2)11(3)20-16)8-19-17(21)13-4-5-14(13)18(22)23/h6-7,13-14,20H,4-5,8H2,1-3H3,(H,19,21)(H,22,23). The van der Waals surface area contributed by atoms with E-state index in [2.05, 4.69) is 29.4 Å². The summed E-state index contributed by atoms with van der Waals surface area (Å²) in [4.78, 5) is 26.7. The molecule has 5 nitrogen and oxygen atoms in total. The zero-order valence-electron chi connectivity index (χ0n) is 13.7. The van der Waals surface area contributed by atoms with E-state index in [-0.39, 0.29) is 11.8 Å². The van der Waals surface area contributed by atoms with Gasteiger partial charge in [-0.25, -0.2) is 0 Å². The molecule has 1 aliphatic carbocycles. The maximum Gasteiger partial charge on any atom is 0.307 e. The lowest BCUT2D eigenvalue weighted by molar-refractivity contribution is -0.152. The molecule has 0 bridgehead atoms. The van der Waals surface area contributed by atoms with E-state index in [0.29, 0.717) is 19.4 Å². The topological polar surface area (TPSA) is 82.2 Å². The van der Waals surface area contributed by atoms with Gasteiger partial charge in [0.1, 0.15) is 0 Å². The fourth-order valence-electron chi connectivity index (χ4n) is 3.35. The highest BCUT2D eigenvalue weighted by Crippen LogP contribution is 2.34. The molecule has 2 atom stereocenters. The first-order valence-electron chi connectivity index (χ1n) is 7.97. The van der Waals surface area contributed by atoms with Gasteiger partial charge in [-0.05, 0) is 50.8 Å². The number of carbonyl (C=O) groups excluding carboxylic acids is 1. The molecule has 1 aromatic heterocycles. The number of aromatic nitrogens is 1. The zero-order chi connectivity index (χ0) is 16.7. The molecular formula is C18H22N2O3. The van der Waals surface area contributed by atoms with Gasteiger partial charge >= 0.3 is 5.97 Å². The Balaban J connectivity index is 1.78. The predicted octanol–water partition coefficient (Wildman–Crippen LogP) is 2.82. The van der Waals surface area contributed by atoms with Gasteiger partial charge < -0.3 is 15.4 Å². The van der Waals surface area contributed by atoms with Gasteiger partial charge in [-0.15, -0.1) is 0 Å². The Labute approximate surface area is 135 Å². The minimum Gasteiger partial charge on any atom is -0.481 e. The Morgan fingerprint density at radius 1 is 1.22 bits per heavy atom. The number of aryl methyl sites for hydroxylation is 3. The zero-order valence-corrected chi connectivity index (χ0v) is 13.7. The lowest BCUT2D eigenvalue weighted by Crippen LogP contribution is -2.43. The molecule has 2 aromatic rings. The van der Waals surface area contributed by atoms with Crippen LogP contribution in [0.15, 0.2) is 12.1 Å². The van der Waals surface area contributed by atoms with Crippen LogP contribution in [0.1, 0.15) is 35.2 Å². The minimum absolute atomic E-state index is 0.154. The largest absolute Gasteiger partial charge is 0.481 e. The molecule has 1 aromatic carbocycles. The van der Waals surface area contributed by atoms with Gasteiger partial charge in [0.15, 0.2) is 0 Å². The molecule has 1 aliphatic rings. The average Bonchev–Trinajstić information content (AvgIpc) is 2.70. The quantitative estimate of drug-likeness (QED) is 0.811. The molecule has 1 saturated carbocycles. The fraction of sp³-hybridized carbons (Fsp3) is 0.444. The number of H-pyrrole nitrogens is 1. The summed E-state index contributed by atoms with van der Waals surface area (Å²) in [6.07, 6.45) is 1.25. The second-order valence-corrected chi connectivity index (χ2v) is 6.57. The second kappa shape index (κ2) is 5.72. The molecule has 5 heteroatoms. The monoisotopic (exact) mass is 314 g/mol. The molecule has 122 valence electrons. The third kappa shape index (κ3) is 2.71. The first kappa shape index (κ1) is 15.6. The second-order valence-electron chi connectivity index (χ2n) is 6.57. The van der Waals surface area contributed by atoms with E-state index in [1.807, 2.05) is 13.8 Å². The van der Waals surface area contributed by atoms with Gasteiger partial charge in [0.2, 0.25) is 5.91 Å². The van der Waals surface area contributed by atoms with E-state index in [1.54, 1.807) is 0 Å².